The van der Waals surface area contributed by atoms with Gasteiger partial charge in [0.15, 0.2) is 5.96 Å². The molecule has 5 heteroatoms. The average Bonchev–Trinajstić information content (AvgIpc) is 2.54. The molecule has 0 aromatic rings. The van der Waals surface area contributed by atoms with Gasteiger partial charge in [-0.15, -0.1) is 0 Å². The molecule has 0 radical (unpaired) electrons. The third-order valence-electron chi connectivity index (χ3n) is 5.08. The molecule has 0 aromatic heterocycles. The van der Waals surface area contributed by atoms with Gasteiger partial charge in [-0.25, -0.2) is 0 Å². The summed E-state index contributed by atoms with van der Waals surface area (Å²) in [5.74, 6) is 1.70. The number of hydrogen-bond acceptors (Lipinski definition) is 3. The molecule has 2 fully saturated rings. The summed E-state index contributed by atoms with van der Waals surface area (Å²) in [5, 5.41) is 16.7. The maximum atomic E-state index is 9.77. The monoisotopic (exact) mass is 311 g/mol. The van der Waals surface area contributed by atoms with Crippen LogP contribution in [0.5, 0.6) is 0 Å². The van der Waals surface area contributed by atoms with E-state index in [-0.39, 0.29) is 12.0 Å². The first-order chi connectivity index (χ1) is 10.7. The van der Waals surface area contributed by atoms with Crippen LogP contribution in [0.3, 0.4) is 0 Å². The molecule has 1 heterocycles. The standard InChI is InChI=1S/C17H33N3O2/c1-3-18-16(20-15-6-4-5-14(2)11-15)19-12-17(13-21)7-9-22-10-8-17/h14-15,21H,3-13H2,1-2H3,(H2,18,19,20). The van der Waals surface area contributed by atoms with Gasteiger partial charge in [0.2, 0.25) is 0 Å². The maximum absolute atomic E-state index is 9.77. The fourth-order valence-electron chi connectivity index (χ4n) is 3.50. The van der Waals surface area contributed by atoms with E-state index in [1.165, 1.54) is 25.7 Å². The van der Waals surface area contributed by atoms with E-state index in [0.29, 0.717) is 12.6 Å². The average molecular weight is 311 g/mol. The van der Waals surface area contributed by atoms with Crippen molar-refractivity contribution in [2.45, 2.75) is 58.4 Å². The van der Waals surface area contributed by atoms with Gasteiger partial charge in [-0.05, 0) is 38.5 Å². The summed E-state index contributed by atoms with van der Waals surface area (Å²) < 4.78 is 5.42. The lowest BCUT2D eigenvalue weighted by Gasteiger charge is -2.34. The van der Waals surface area contributed by atoms with Crippen molar-refractivity contribution in [2.75, 3.05) is 32.9 Å². The highest BCUT2D eigenvalue weighted by Crippen LogP contribution is 2.30. The number of hydrogen-bond donors (Lipinski definition) is 3. The lowest BCUT2D eigenvalue weighted by molar-refractivity contribution is -0.0106. The summed E-state index contributed by atoms with van der Waals surface area (Å²) >= 11 is 0. The number of ether oxygens (including phenoxy) is 1. The van der Waals surface area contributed by atoms with Crippen molar-refractivity contribution in [3.63, 3.8) is 0 Å². The number of aliphatic hydroxyl groups is 1. The summed E-state index contributed by atoms with van der Waals surface area (Å²) in [6, 6.07) is 0.529. The van der Waals surface area contributed by atoms with Crippen molar-refractivity contribution in [3.8, 4) is 0 Å². The number of nitrogens with zero attached hydrogens (tertiary/aromatic N) is 1. The second-order valence-corrected chi connectivity index (χ2v) is 7.08. The molecule has 2 atom stereocenters. The van der Waals surface area contributed by atoms with Crippen molar-refractivity contribution in [3.05, 3.63) is 0 Å². The molecule has 1 saturated carbocycles. The Hall–Kier alpha value is -0.810. The van der Waals surface area contributed by atoms with Crippen LogP contribution < -0.4 is 10.6 Å². The smallest absolute Gasteiger partial charge is 0.191 e. The molecule has 0 aromatic carbocycles. The van der Waals surface area contributed by atoms with Crippen LogP contribution in [0, 0.1) is 11.3 Å². The Balaban J connectivity index is 1.93. The second kappa shape index (κ2) is 8.73. The molecule has 2 rings (SSSR count). The Labute approximate surface area is 134 Å². The lowest BCUT2D eigenvalue weighted by atomic mass is 9.81. The predicted molar refractivity (Wildman–Crippen MR) is 90.1 cm³/mol. The van der Waals surface area contributed by atoms with Crippen molar-refractivity contribution in [2.24, 2.45) is 16.3 Å². The molecule has 0 spiro atoms. The zero-order valence-corrected chi connectivity index (χ0v) is 14.2. The van der Waals surface area contributed by atoms with Crippen LogP contribution in [0.1, 0.15) is 52.4 Å². The van der Waals surface area contributed by atoms with Gasteiger partial charge in [-0.2, -0.15) is 0 Å². The topological polar surface area (TPSA) is 65.9 Å². The highest BCUT2D eigenvalue weighted by Gasteiger charge is 2.32. The summed E-state index contributed by atoms with van der Waals surface area (Å²) in [6.45, 7) is 7.63. The molecule has 5 nitrogen and oxygen atoms in total. The molecular formula is C17H33N3O2. The van der Waals surface area contributed by atoms with Crippen molar-refractivity contribution < 1.29 is 9.84 Å². The van der Waals surface area contributed by atoms with E-state index in [9.17, 15) is 5.11 Å². The molecule has 0 amide bonds. The maximum Gasteiger partial charge on any atom is 0.191 e. The normalized spacial score (nSPS) is 29.1. The van der Waals surface area contributed by atoms with Gasteiger partial charge in [0.05, 0.1) is 13.2 Å². The third kappa shape index (κ3) is 5.13. The van der Waals surface area contributed by atoms with Crippen LogP contribution in [-0.2, 0) is 4.74 Å². The largest absolute Gasteiger partial charge is 0.396 e. The number of aliphatic hydroxyl groups excluding tert-OH is 1. The molecule has 22 heavy (non-hydrogen) atoms. The van der Waals surface area contributed by atoms with E-state index in [1.807, 2.05) is 0 Å². The van der Waals surface area contributed by atoms with E-state index in [2.05, 4.69) is 24.5 Å². The first kappa shape index (κ1) is 17.5. The summed E-state index contributed by atoms with van der Waals surface area (Å²) in [5.41, 5.74) is -0.0968. The molecule has 128 valence electrons. The minimum absolute atomic E-state index is 0.0968. The second-order valence-electron chi connectivity index (χ2n) is 7.08. The highest BCUT2D eigenvalue weighted by atomic mass is 16.5. The van der Waals surface area contributed by atoms with E-state index in [1.54, 1.807) is 0 Å². The fourth-order valence-corrected chi connectivity index (χ4v) is 3.50. The predicted octanol–water partition coefficient (Wildman–Crippen LogP) is 1.91. The molecule has 1 saturated heterocycles. The molecule has 1 aliphatic heterocycles. The molecule has 2 aliphatic rings. The summed E-state index contributed by atoms with van der Waals surface area (Å²) in [7, 11) is 0. The van der Waals surface area contributed by atoms with Gasteiger partial charge in [-0.3, -0.25) is 4.99 Å². The van der Waals surface area contributed by atoms with Gasteiger partial charge in [-0.1, -0.05) is 19.8 Å². The molecule has 2 unspecified atom stereocenters. The highest BCUT2D eigenvalue weighted by molar-refractivity contribution is 5.80. The van der Waals surface area contributed by atoms with Crippen LogP contribution in [0.2, 0.25) is 0 Å². The quantitative estimate of drug-likeness (QED) is 0.536. The Morgan fingerprint density at radius 1 is 1.32 bits per heavy atom. The van der Waals surface area contributed by atoms with Crippen LogP contribution in [0.15, 0.2) is 4.99 Å². The first-order valence-electron chi connectivity index (χ1n) is 8.91. The van der Waals surface area contributed by atoms with Gasteiger partial charge in [0, 0.05) is 31.2 Å². The number of guanidine groups is 1. The number of aliphatic imine (C=N–C) groups is 1. The van der Waals surface area contributed by atoms with Gasteiger partial charge in [0.1, 0.15) is 0 Å². The zero-order valence-electron chi connectivity index (χ0n) is 14.2. The third-order valence-corrected chi connectivity index (χ3v) is 5.08. The van der Waals surface area contributed by atoms with Crippen molar-refractivity contribution in [1.82, 2.24) is 10.6 Å². The molecule has 0 bridgehead atoms. The number of rotatable bonds is 5. The molecular weight excluding hydrogens is 278 g/mol. The van der Waals surface area contributed by atoms with Crippen LogP contribution >= 0.6 is 0 Å². The van der Waals surface area contributed by atoms with E-state index in [0.717, 1.165) is 44.5 Å². The summed E-state index contributed by atoms with van der Waals surface area (Å²) in [4.78, 5) is 4.78. The van der Waals surface area contributed by atoms with Crippen molar-refractivity contribution >= 4 is 5.96 Å². The Bertz CT molecular complexity index is 354. The van der Waals surface area contributed by atoms with Crippen molar-refractivity contribution in [1.29, 1.82) is 0 Å². The Morgan fingerprint density at radius 3 is 2.73 bits per heavy atom. The van der Waals surface area contributed by atoms with Gasteiger partial charge in [0.25, 0.3) is 0 Å². The van der Waals surface area contributed by atoms with Crippen LogP contribution in [0.25, 0.3) is 0 Å². The van der Waals surface area contributed by atoms with Crippen LogP contribution in [-0.4, -0.2) is 50.0 Å². The van der Waals surface area contributed by atoms with E-state index < -0.39 is 0 Å². The SMILES string of the molecule is CCNC(=NCC1(CO)CCOCC1)NC1CCCC(C)C1. The minimum atomic E-state index is -0.0968. The fraction of sp³-hybridized carbons (Fsp3) is 0.941. The van der Waals surface area contributed by atoms with E-state index >= 15 is 0 Å². The zero-order chi connectivity index (χ0) is 15.8. The molecule has 1 aliphatic carbocycles. The summed E-state index contributed by atoms with van der Waals surface area (Å²) in [6.07, 6.45) is 6.90. The first-order valence-corrected chi connectivity index (χ1v) is 8.91. The lowest BCUT2D eigenvalue weighted by Crippen LogP contribution is -2.46. The van der Waals surface area contributed by atoms with E-state index in [4.69, 9.17) is 9.73 Å². The van der Waals surface area contributed by atoms with Gasteiger partial charge >= 0.3 is 0 Å². The van der Waals surface area contributed by atoms with Gasteiger partial charge < -0.3 is 20.5 Å². The Morgan fingerprint density at radius 2 is 2.09 bits per heavy atom. The Kier molecular flexibility index (Phi) is 6.96. The minimum Gasteiger partial charge on any atom is -0.396 e. The number of nitrogens with one attached hydrogen (secondary N) is 2. The van der Waals surface area contributed by atoms with Crippen LogP contribution in [0.4, 0.5) is 0 Å². The molecule has 3 N–H and O–H groups in total.